The molecule has 0 bridgehead atoms. The highest BCUT2D eigenvalue weighted by Crippen LogP contribution is 2.35. The summed E-state index contributed by atoms with van der Waals surface area (Å²) in [5.74, 6) is -4.90. The van der Waals surface area contributed by atoms with Crippen LogP contribution in [-0.4, -0.2) is 0 Å². The van der Waals surface area contributed by atoms with Crippen molar-refractivity contribution in [2.24, 2.45) is 0 Å². The molecule has 180 valence electrons. The van der Waals surface area contributed by atoms with E-state index < -0.39 is 29.4 Å². The fourth-order valence-electron chi connectivity index (χ4n) is 3.72. The Labute approximate surface area is 198 Å². The normalized spacial score (nSPS) is 11.5. The third-order valence-electron chi connectivity index (χ3n) is 5.55. The van der Waals surface area contributed by atoms with Crippen LogP contribution in [0.4, 0.5) is 26.3 Å². The van der Waals surface area contributed by atoms with E-state index in [1.807, 2.05) is 6.92 Å². The molecule has 0 heterocycles. The van der Waals surface area contributed by atoms with Crippen molar-refractivity contribution in [2.75, 3.05) is 0 Å². The van der Waals surface area contributed by atoms with Crippen LogP contribution >= 0.6 is 0 Å². The van der Waals surface area contributed by atoms with Crippen LogP contribution in [0.3, 0.4) is 0 Å². The van der Waals surface area contributed by atoms with E-state index in [4.69, 9.17) is 4.74 Å². The summed E-state index contributed by atoms with van der Waals surface area (Å²) in [5, 5.41) is 0. The minimum absolute atomic E-state index is 0.0273. The summed E-state index contributed by atoms with van der Waals surface area (Å²) >= 11 is 0. The number of halogens is 6. The van der Waals surface area contributed by atoms with Gasteiger partial charge in [-0.3, -0.25) is 0 Å². The maximum atomic E-state index is 14.8. The molecule has 7 heteroatoms. The molecule has 0 aliphatic heterocycles. The molecule has 1 nitrogen and oxygen atoms in total. The van der Waals surface area contributed by atoms with Crippen LogP contribution in [0.1, 0.15) is 24.5 Å². The van der Waals surface area contributed by atoms with Crippen LogP contribution in [0.25, 0.3) is 22.3 Å². The van der Waals surface area contributed by atoms with Crippen molar-refractivity contribution < 1.29 is 31.1 Å². The number of ether oxygens (including phenoxy) is 1. The van der Waals surface area contributed by atoms with Crippen molar-refractivity contribution in [3.8, 4) is 28.0 Å². The summed E-state index contributed by atoms with van der Waals surface area (Å²) in [4.78, 5) is 0. The van der Waals surface area contributed by atoms with E-state index in [0.717, 1.165) is 36.6 Å². The lowest BCUT2D eigenvalue weighted by atomic mass is 9.98. The van der Waals surface area contributed by atoms with Gasteiger partial charge in [0, 0.05) is 11.1 Å². The summed E-state index contributed by atoms with van der Waals surface area (Å²) in [7, 11) is 0. The Kier molecular flexibility index (Phi) is 6.87. The minimum Gasteiger partial charge on any atom is -0.429 e. The van der Waals surface area contributed by atoms with Gasteiger partial charge in [0.1, 0.15) is 5.75 Å². The summed E-state index contributed by atoms with van der Waals surface area (Å²) in [6.07, 6.45) is -1.90. The standard InChI is InChI=1S/C28H20F6O/c1-2-3-17-4-9-20(10-5-17)28(33,34)35-21-11-6-18(7-12-21)22-13-14-23(27(32)26(22)31)19-8-15-24(29)25(30)16-19/h4-16H,2-3H2,1H3. The SMILES string of the molecule is CCCc1ccc(C(F)(F)Oc2ccc(-c3ccc(-c4ccc(F)c(F)c4)c(F)c3F)cc2)cc1. The molecule has 4 aromatic rings. The second-order valence-corrected chi connectivity index (χ2v) is 8.01. The van der Waals surface area contributed by atoms with E-state index in [9.17, 15) is 26.3 Å². The molecule has 0 spiro atoms. The first-order chi connectivity index (χ1) is 16.7. The molecule has 0 amide bonds. The third kappa shape index (κ3) is 5.19. The fourth-order valence-corrected chi connectivity index (χ4v) is 3.72. The van der Waals surface area contributed by atoms with Crippen LogP contribution in [0, 0.1) is 23.3 Å². The van der Waals surface area contributed by atoms with Crippen LogP contribution in [0.2, 0.25) is 0 Å². The number of benzene rings is 4. The topological polar surface area (TPSA) is 9.23 Å². The molecule has 35 heavy (non-hydrogen) atoms. The molecular weight excluding hydrogens is 466 g/mol. The molecule has 0 radical (unpaired) electrons. The Hall–Kier alpha value is -3.74. The predicted molar refractivity (Wildman–Crippen MR) is 122 cm³/mol. The first-order valence-electron chi connectivity index (χ1n) is 10.9. The van der Waals surface area contributed by atoms with Crippen molar-refractivity contribution in [2.45, 2.75) is 25.9 Å². The van der Waals surface area contributed by atoms with Crippen molar-refractivity contribution in [1.29, 1.82) is 0 Å². The van der Waals surface area contributed by atoms with Crippen LogP contribution in [-0.2, 0) is 12.5 Å². The molecule has 4 rings (SSSR count). The monoisotopic (exact) mass is 486 g/mol. The van der Waals surface area contributed by atoms with Gasteiger partial charge in [0.15, 0.2) is 23.3 Å². The fraction of sp³-hybridized carbons (Fsp3) is 0.143. The van der Waals surface area contributed by atoms with Gasteiger partial charge in [-0.2, -0.15) is 8.78 Å². The van der Waals surface area contributed by atoms with Gasteiger partial charge < -0.3 is 4.74 Å². The number of alkyl halides is 2. The Morgan fingerprint density at radius 1 is 0.657 bits per heavy atom. The smallest absolute Gasteiger partial charge is 0.426 e. The van der Waals surface area contributed by atoms with E-state index >= 15 is 0 Å². The van der Waals surface area contributed by atoms with E-state index in [1.54, 1.807) is 12.1 Å². The quantitative estimate of drug-likeness (QED) is 0.238. The lowest BCUT2D eigenvalue weighted by molar-refractivity contribution is -0.185. The lowest BCUT2D eigenvalue weighted by Gasteiger charge is -2.19. The Morgan fingerprint density at radius 3 is 1.80 bits per heavy atom. The van der Waals surface area contributed by atoms with Crippen molar-refractivity contribution in [3.05, 3.63) is 113 Å². The number of hydrogen-bond acceptors (Lipinski definition) is 1. The molecule has 0 N–H and O–H groups in total. The minimum atomic E-state index is -3.59. The van der Waals surface area contributed by atoms with Gasteiger partial charge in [-0.05, 0) is 59.5 Å². The average molecular weight is 486 g/mol. The van der Waals surface area contributed by atoms with Gasteiger partial charge in [0.2, 0.25) is 0 Å². The number of hydrogen-bond donors (Lipinski definition) is 0. The largest absolute Gasteiger partial charge is 0.429 e. The molecule has 0 aliphatic rings. The van der Waals surface area contributed by atoms with E-state index in [0.29, 0.717) is 0 Å². The summed E-state index contributed by atoms with van der Waals surface area (Å²) < 4.78 is 90.2. The third-order valence-corrected chi connectivity index (χ3v) is 5.55. The van der Waals surface area contributed by atoms with Gasteiger partial charge in [0.05, 0.1) is 5.56 Å². The highest BCUT2D eigenvalue weighted by molar-refractivity contribution is 5.72. The summed E-state index contributed by atoms with van der Waals surface area (Å²) in [5.41, 5.74) is 0.468. The van der Waals surface area contributed by atoms with Gasteiger partial charge in [-0.1, -0.05) is 55.8 Å². The van der Waals surface area contributed by atoms with E-state index in [1.165, 1.54) is 48.5 Å². The van der Waals surface area contributed by atoms with Gasteiger partial charge in [-0.25, -0.2) is 17.6 Å². The number of rotatable bonds is 7. The first kappa shape index (κ1) is 24.4. The van der Waals surface area contributed by atoms with Crippen LogP contribution in [0.5, 0.6) is 5.75 Å². The summed E-state index contributed by atoms with van der Waals surface area (Å²) in [6, 6.07) is 16.2. The highest BCUT2D eigenvalue weighted by atomic mass is 19.3. The lowest BCUT2D eigenvalue weighted by Crippen LogP contribution is -2.21. The highest BCUT2D eigenvalue weighted by Gasteiger charge is 2.34. The molecule has 0 aromatic heterocycles. The Bertz CT molecular complexity index is 1330. The molecule has 0 saturated carbocycles. The van der Waals surface area contributed by atoms with Gasteiger partial charge >= 0.3 is 6.11 Å². The van der Waals surface area contributed by atoms with Crippen molar-refractivity contribution in [1.82, 2.24) is 0 Å². The van der Waals surface area contributed by atoms with Crippen molar-refractivity contribution >= 4 is 0 Å². The molecular formula is C28H20F6O. The first-order valence-corrected chi connectivity index (χ1v) is 10.9. The molecule has 0 atom stereocenters. The second kappa shape index (κ2) is 9.86. The van der Waals surface area contributed by atoms with E-state index in [-0.39, 0.29) is 33.6 Å². The van der Waals surface area contributed by atoms with Gasteiger partial charge in [-0.15, -0.1) is 0 Å². The average Bonchev–Trinajstić information content (AvgIpc) is 2.84. The maximum absolute atomic E-state index is 14.8. The van der Waals surface area contributed by atoms with Crippen LogP contribution in [0.15, 0.2) is 78.9 Å². The zero-order valence-corrected chi connectivity index (χ0v) is 18.6. The van der Waals surface area contributed by atoms with Crippen LogP contribution < -0.4 is 4.74 Å². The zero-order chi connectivity index (χ0) is 25.2. The predicted octanol–water partition coefficient (Wildman–Crippen LogP) is 8.66. The maximum Gasteiger partial charge on any atom is 0.426 e. The zero-order valence-electron chi connectivity index (χ0n) is 18.6. The van der Waals surface area contributed by atoms with Gasteiger partial charge in [0.25, 0.3) is 0 Å². The molecule has 4 aromatic carbocycles. The second-order valence-electron chi connectivity index (χ2n) is 8.01. The van der Waals surface area contributed by atoms with E-state index in [2.05, 4.69) is 0 Å². The Morgan fingerprint density at radius 2 is 1.23 bits per heavy atom. The molecule has 0 fully saturated rings. The molecule has 0 saturated heterocycles. The summed E-state index contributed by atoms with van der Waals surface area (Å²) in [6.45, 7) is 2.00. The van der Waals surface area contributed by atoms with Crippen molar-refractivity contribution in [3.63, 3.8) is 0 Å². The number of aryl methyl sites for hydroxylation is 1. The molecule has 0 unspecified atom stereocenters. The Balaban J connectivity index is 1.55. The molecule has 0 aliphatic carbocycles.